The van der Waals surface area contributed by atoms with Crippen LogP contribution >= 0.6 is 11.6 Å². The molecule has 0 aliphatic rings. The highest BCUT2D eigenvalue weighted by molar-refractivity contribution is 6.31. The maximum Gasteiger partial charge on any atom is 0.129 e. The van der Waals surface area contributed by atoms with Gasteiger partial charge in [-0.15, -0.1) is 0 Å². The zero-order chi connectivity index (χ0) is 13.8. The van der Waals surface area contributed by atoms with Crippen LogP contribution in [0.15, 0.2) is 42.5 Å². The van der Waals surface area contributed by atoms with Crippen LogP contribution in [-0.2, 0) is 6.54 Å². The van der Waals surface area contributed by atoms with Crippen molar-refractivity contribution < 1.29 is 4.39 Å². The summed E-state index contributed by atoms with van der Waals surface area (Å²) >= 11 is 6.00. The van der Waals surface area contributed by atoms with Gasteiger partial charge in [0.05, 0.1) is 0 Å². The Labute approximate surface area is 118 Å². The van der Waals surface area contributed by atoms with Crippen LogP contribution in [0, 0.1) is 12.7 Å². The van der Waals surface area contributed by atoms with E-state index in [1.165, 1.54) is 17.2 Å². The molecule has 0 heterocycles. The molecular formula is C16H17ClFN. The SMILES string of the molecule is Cc1ccc([C@@H](C)NCc2c(F)cccc2Cl)cc1. The third-order valence-electron chi connectivity index (χ3n) is 3.22. The van der Waals surface area contributed by atoms with E-state index < -0.39 is 0 Å². The maximum absolute atomic E-state index is 13.6. The van der Waals surface area contributed by atoms with E-state index >= 15 is 0 Å². The summed E-state index contributed by atoms with van der Waals surface area (Å²) in [5.41, 5.74) is 2.93. The van der Waals surface area contributed by atoms with E-state index in [1.54, 1.807) is 12.1 Å². The van der Waals surface area contributed by atoms with Gasteiger partial charge >= 0.3 is 0 Å². The standard InChI is InChI=1S/C16H17ClFN/c1-11-6-8-13(9-7-11)12(2)19-10-14-15(17)4-3-5-16(14)18/h3-9,12,19H,10H2,1-2H3/t12-/m1/s1. The van der Waals surface area contributed by atoms with Crippen LogP contribution in [0.25, 0.3) is 0 Å². The second-order valence-corrected chi connectivity index (χ2v) is 5.12. The molecule has 0 radical (unpaired) electrons. The number of halogens is 2. The molecule has 0 fully saturated rings. The van der Waals surface area contributed by atoms with Gasteiger partial charge in [0.15, 0.2) is 0 Å². The first-order chi connectivity index (χ1) is 9.08. The van der Waals surface area contributed by atoms with Gasteiger partial charge in [-0.3, -0.25) is 0 Å². The summed E-state index contributed by atoms with van der Waals surface area (Å²) in [7, 11) is 0. The van der Waals surface area contributed by atoms with Gasteiger partial charge in [-0.2, -0.15) is 0 Å². The highest BCUT2D eigenvalue weighted by Gasteiger charge is 2.09. The monoisotopic (exact) mass is 277 g/mol. The van der Waals surface area contributed by atoms with Crippen molar-refractivity contribution >= 4 is 11.6 Å². The van der Waals surface area contributed by atoms with Gasteiger partial charge in [0.1, 0.15) is 5.82 Å². The molecule has 1 N–H and O–H groups in total. The summed E-state index contributed by atoms with van der Waals surface area (Å²) in [5, 5.41) is 3.75. The van der Waals surface area contributed by atoms with Crippen LogP contribution in [0.4, 0.5) is 4.39 Å². The first-order valence-electron chi connectivity index (χ1n) is 6.31. The van der Waals surface area contributed by atoms with E-state index in [-0.39, 0.29) is 11.9 Å². The molecule has 0 saturated carbocycles. The largest absolute Gasteiger partial charge is 0.306 e. The molecule has 2 aromatic carbocycles. The molecular weight excluding hydrogens is 261 g/mol. The smallest absolute Gasteiger partial charge is 0.129 e. The highest BCUT2D eigenvalue weighted by Crippen LogP contribution is 2.20. The quantitative estimate of drug-likeness (QED) is 0.858. The molecule has 0 bridgehead atoms. The van der Waals surface area contributed by atoms with Crippen molar-refractivity contribution in [3.8, 4) is 0 Å². The second kappa shape index (κ2) is 6.18. The molecule has 0 aromatic heterocycles. The van der Waals surface area contributed by atoms with Crippen LogP contribution in [0.1, 0.15) is 29.7 Å². The van der Waals surface area contributed by atoms with Crippen LogP contribution in [0.3, 0.4) is 0 Å². The van der Waals surface area contributed by atoms with Gasteiger partial charge in [-0.1, -0.05) is 47.5 Å². The van der Waals surface area contributed by atoms with Gasteiger partial charge < -0.3 is 5.32 Å². The van der Waals surface area contributed by atoms with E-state index in [0.717, 1.165) is 0 Å². The maximum atomic E-state index is 13.6. The zero-order valence-corrected chi connectivity index (χ0v) is 11.8. The fourth-order valence-corrected chi connectivity index (χ4v) is 2.16. The molecule has 2 aromatic rings. The fraction of sp³-hybridized carbons (Fsp3) is 0.250. The number of rotatable bonds is 4. The van der Waals surface area contributed by atoms with Crippen molar-refractivity contribution in [3.05, 3.63) is 70.0 Å². The minimum atomic E-state index is -0.267. The van der Waals surface area contributed by atoms with E-state index in [2.05, 4.69) is 43.4 Å². The lowest BCUT2D eigenvalue weighted by Crippen LogP contribution is -2.19. The van der Waals surface area contributed by atoms with E-state index in [0.29, 0.717) is 17.1 Å². The minimum absolute atomic E-state index is 0.149. The van der Waals surface area contributed by atoms with Crippen molar-refractivity contribution in [2.75, 3.05) is 0 Å². The third-order valence-corrected chi connectivity index (χ3v) is 3.58. The predicted molar refractivity (Wildman–Crippen MR) is 77.8 cm³/mol. The van der Waals surface area contributed by atoms with Crippen molar-refractivity contribution in [1.82, 2.24) is 5.32 Å². The van der Waals surface area contributed by atoms with Crippen molar-refractivity contribution in [1.29, 1.82) is 0 Å². The Morgan fingerprint density at radius 3 is 2.47 bits per heavy atom. The highest BCUT2D eigenvalue weighted by atomic mass is 35.5. The lowest BCUT2D eigenvalue weighted by Gasteiger charge is -2.15. The Balaban J connectivity index is 2.04. The van der Waals surface area contributed by atoms with Gasteiger partial charge in [0.25, 0.3) is 0 Å². The minimum Gasteiger partial charge on any atom is -0.306 e. The zero-order valence-electron chi connectivity index (χ0n) is 11.1. The van der Waals surface area contributed by atoms with Gasteiger partial charge in [-0.05, 0) is 31.5 Å². The van der Waals surface area contributed by atoms with Crippen LogP contribution in [0.2, 0.25) is 5.02 Å². The lowest BCUT2D eigenvalue weighted by atomic mass is 10.1. The van der Waals surface area contributed by atoms with Crippen molar-refractivity contribution in [3.63, 3.8) is 0 Å². The van der Waals surface area contributed by atoms with Gasteiger partial charge in [0, 0.05) is 23.2 Å². The van der Waals surface area contributed by atoms with E-state index in [1.807, 2.05) is 0 Å². The molecule has 0 aliphatic carbocycles. The molecule has 0 saturated heterocycles. The molecule has 1 atom stereocenters. The molecule has 0 amide bonds. The Kier molecular flexibility index (Phi) is 4.56. The summed E-state index contributed by atoms with van der Waals surface area (Å²) < 4.78 is 13.6. The summed E-state index contributed by atoms with van der Waals surface area (Å²) in [4.78, 5) is 0. The van der Waals surface area contributed by atoms with Crippen LogP contribution < -0.4 is 5.32 Å². The molecule has 19 heavy (non-hydrogen) atoms. The molecule has 1 nitrogen and oxygen atoms in total. The number of hydrogen-bond acceptors (Lipinski definition) is 1. The molecule has 2 rings (SSSR count). The first kappa shape index (κ1) is 14.0. The number of nitrogens with one attached hydrogen (secondary N) is 1. The number of benzene rings is 2. The number of hydrogen-bond donors (Lipinski definition) is 1. The Bertz CT molecular complexity index is 531. The van der Waals surface area contributed by atoms with Gasteiger partial charge in [-0.25, -0.2) is 4.39 Å². The normalized spacial score (nSPS) is 12.4. The molecule has 100 valence electrons. The molecule has 0 aliphatic heterocycles. The fourth-order valence-electron chi connectivity index (χ4n) is 1.93. The first-order valence-corrected chi connectivity index (χ1v) is 6.68. The predicted octanol–water partition coefficient (Wildman–Crippen LogP) is 4.64. The van der Waals surface area contributed by atoms with Crippen LogP contribution in [-0.4, -0.2) is 0 Å². The molecule has 3 heteroatoms. The summed E-state index contributed by atoms with van der Waals surface area (Å²) in [6, 6.07) is 13.2. The Hall–Kier alpha value is -1.38. The van der Waals surface area contributed by atoms with Crippen molar-refractivity contribution in [2.45, 2.75) is 26.4 Å². The van der Waals surface area contributed by atoms with E-state index in [9.17, 15) is 4.39 Å². The Morgan fingerprint density at radius 1 is 1.16 bits per heavy atom. The van der Waals surface area contributed by atoms with Crippen molar-refractivity contribution in [2.24, 2.45) is 0 Å². The summed E-state index contributed by atoms with van der Waals surface area (Å²) in [6.45, 7) is 4.53. The lowest BCUT2D eigenvalue weighted by molar-refractivity contribution is 0.544. The third kappa shape index (κ3) is 3.55. The van der Waals surface area contributed by atoms with E-state index in [4.69, 9.17) is 11.6 Å². The molecule has 0 unspecified atom stereocenters. The van der Waals surface area contributed by atoms with Crippen LogP contribution in [0.5, 0.6) is 0 Å². The summed E-state index contributed by atoms with van der Waals surface area (Å²) in [6.07, 6.45) is 0. The average Bonchev–Trinajstić information content (AvgIpc) is 2.38. The second-order valence-electron chi connectivity index (χ2n) is 4.71. The molecule has 0 spiro atoms. The average molecular weight is 278 g/mol. The topological polar surface area (TPSA) is 12.0 Å². The summed E-state index contributed by atoms with van der Waals surface area (Å²) in [5.74, 6) is -0.267. The van der Waals surface area contributed by atoms with Gasteiger partial charge in [0.2, 0.25) is 0 Å². The number of aryl methyl sites for hydroxylation is 1. The Morgan fingerprint density at radius 2 is 1.84 bits per heavy atom.